The lowest BCUT2D eigenvalue weighted by Crippen LogP contribution is -2.28. The van der Waals surface area contributed by atoms with Gasteiger partial charge < -0.3 is 4.90 Å². The Bertz CT molecular complexity index is 577. The van der Waals surface area contributed by atoms with Crippen molar-refractivity contribution in [1.82, 2.24) is 4.90 Å². The van der Waals surface area contributed by atoms with Crippen LogP contribution in [-0.4, -0.2) is 43.8 Å². The predicted octanol–water partition coefficient (Wildman–Crippen LogP) is 2.07. The first-order valence-electron chi connectivity index (χ1n) is 6.76. The van der Waals surface area contributed by atoms with Crippen LogP contribution in [-0.2, 0) is 20.8 Å². The molecule has 7 heteroatoms. The number of carbonyl (C=O) groups excluding carboxylic acids is 1. The van der Waals surface area contributed by atoms with Crippen LogP contribution in [0.15, 0.2) is 30.3 Å². The van der Waals surface area contributed by atoms with Crippen molar-refractivity contribution < 1.29 is 17.1 Å². The quantitative estimate of drug-likeness (QED) is 0.567. The Morgan fingerprint density at radius 2 is 2.00 bits per heavy atom. The average Bonchev–Trinajstić information content (AvgIpc) is 2.74. The van der Waals surface area contributed by atoms with Crippen LogP contribution in [0.5, 0.6) is 0 Å². The first-order valence-corrected chi connectivity index (χ1v) is 9.46. The van der Waals surface area contributed by atoms with Crippen LogP contribution in [0.1, 0.15) is 12.0 Å². The van der Waals surface area contributed by atoms with Gasteiger partial charge in [-0.25, -0.2) is 0 Å². The van der Waals surface area contributed by atoms with Crippen molar-refractivity contribution in [2.45, 2.75) is 12.2 Å². The summed E-state index contributed by atoms with van der Waals surface area (Å²) in [6.07, 6.45) is 0.131. The molecule has 0 spiro atoms. The molecular weight excluding hydrogens is 313 g/mol. The van der Waals surface area contributed by atoms with E-state index in [2.05, 4.69) is 12.1 Å². The van der Waals surface area contributed by atoms with E-state index < -0.39 is 21.9 Å². The number of hydrogen-bond donors (Lipinski definition) is 0. The fraction of sp³-hybridized carbons (Fsp3) is 0.500. The highest BCUT2D eigenvalue weighted by Crippen LogP contribution is 2.21. The largest absolute Gasteiger partial charge is 0.342 e. The molecule has 1 atom stereocenters. The number of amides is 1. The molecule has 0 aliphatic carbocycles. The fourth-order valence-corrected chi connectivity index (χ4v) is 4.11. The summed E-state index contributed by atoms with van der Waals surface area (Å²) in [5.74, 6) is 0.628. The summed E-state index contributed by atoms with van der Waals surface area (Å²) in [7, 11) is -4.50. The lowest BCUT2D eigenvalue weighted by atomic mass is 10.1. The van der Waals surface area contributed by atoms with E-state index in [0.29, 0.717) is 13.1 Å². The number of hydrogen-bond acceptors (Lipinski definition) is 4. The van der Waals surface area contributed by atoms with Crippen molar-refractivity contribution in [3.05, 3.63) is 35.9 Å². The first-order chi connectivity index (χ1) is 9.94. The number of halogens is 1. The van der Waals surface area contributed by atoms with Gasteiger partial charge in [0.1, 0.15) is 0 Å². The molecule has 1 amide bonds. The minimum Gasteiger partial charge on any atom is -0.342 e. The highest BCUT2D eigenvalue weighted by atomic mass is 32.3. The molecule has 1 aliphatic heterocycles. The molecule has 1 aromatic rings. The van der Waals surface area contributed by atoms with E-state index in [1.807, 2.05) is 18.2 Å². The lowest BCUT2D eigenvalue weighted by Gasteiger charge is -2.15. The summed E-state index contributed by atoms with van der Waals surface area (Å²) in [5, 5.41) is 0. The molecule has 0 bridgehead atoms. The molecule has 1 aromatic carbocycles. The van der Waals surface area contributed by atoms with E-state index in [4.69, 9.17) is 0 Å². The van der Waals surface area contributed by atoms with Crippen LogP contribution in [0.25, 0.3) is 0 Å². The first kappa shape index (κ1) is 16.3. The zero-order chi connectivity index (χ0) is 15.3. The van der Waals surface area contributed by atoms with Crippen molar-refractivity contribution >= 4 is 27.9 Å². The van der Waals surface area contributed by atoms with Gasteiger partial charge in [0.25, 0.3) is 0 Å². The van der Waals surface area contributed by atoms with Crippen LogP contribution in [0.3, 0.4) is 0 Å². The molecule has 0 N–H and O–H groups in total. The van der Waals surface area contributed by atoms with E-state index in [1.165, 1.54) is 5.56 Å². The topological polar surface area (TPSA) is 54.5 Å². The van der Waals surface area contributed by atoms with Crippen LogP contribution in [0.4, 0.5) is 3.89 Å². The maximum Gasteiger partial charge on any atom is 0.302 e. The number of nitrogens with zero attached hydrogens (tertiary/aromatic N) is 1. The summed E-state index contributed by atoms with van der Waals surface area (Å²) in [5.41, 5.74) is 1.23. The van der Waals surface area contributed by atoms with Gasteiger partial charge in [-0.3, -0.25) is 4.79 Å². The summed E-state index contributed by atoms with van der Waals surface area (Å²) in [6, 6.07) is 10.0. The van der Waals surface area contributed by atoms with E-state index in [9.17, 15) is 17.1 Å². The molecule has 1 fully saturated rings. The van der Waals surface area contributed by atoms with Gasteiger partial charge in [-0.15, -0.1) is 3.89 Å². The van der Waals surface area contributed by atoms with Crippen molar-refractivity contribution in [2.75, 3.05) is 24.6 Å². The molecule has 116 valence electrons. The standard InChI is InChI=1S/C14H18FNO3S2/c15-21(18,19)11-13-8-14(17)16(9-13)6-7-20-10-12-4-2-1-3-5-12/h1-5,13H,6-11H2. The molecule has 0 radical (unpaired) electrons. The smallest absolute Gasteiger partial charge is 0.302 e. The third-order valence-corrected chi connectivity index (χ3v) is 5.22. The maximum absolute atomic E-state index is 12.6. The Hall–Kier alpha value is -1.08. The Labute approximate surface area is 128 Å². The normalized spacial score (nSPS) is 19.2. The van der Waals surface area contributed by atoms with Crippen molar-refractivity contribution in [1.29, 1.82) is 0 Å². The zero-order valence-corrected chi connectivity index (χ0v) is 13.2. The van der Waals surface area contributed by atoms with Gasteiger partial charge in [-0.1, -0.05) is 30.3 Å². The van der Waals surface area contributed by atoms with E-state index in [-0.39, 0.29) is 12.3 Å². The van der Waals surface area contributed by atoms with Crippen LogP contribution >= 0.6 is 11.8 Å². The Kier molecular flexibility index (Phi) is 5.64. The Morgan fingerprint density at radius 3 is 2.67 bits per heavy atom. The number of benzene rings is 1. The molecule has 0 saturated carbocycles. The summed E-state index contributed by atoms with van der Waals surface area (Å²) < 4.78 is 33.9. The molecule has 21 heavy (non-hydrogen) atoms. The van der Waals surface area contributed by atoms with Crippen molar-refractivity contribution in [3.63, 3.8) is 0 Å². The third kappa shape index (κ3) is 5.67. The summed E-state index contributed by atoms with van der Waals surface area (Å²) in [6.45, 7) is 0.924. The van der Waals surface area contributed by atoms with Gasteiger partial charge in [-0.05, 0) is 5.56 Å². The van der Waals surface area contributed by atoms with Gasteiger partial charge in [0.15, 0.2) is 0 Å². The molecule has 1 aliphatic rings. The molecule has 1 unspecified atom stereocenters. The van der Waals surface area contributed by atoms with Crippen LogP contribution in [0, 0.1) is 5.92 Å². The molecule has 2 rings (SSSR count). The second kappa shape index (κ2) is 7.26. The molecule has 1 heterocycles. The van der Waals surface area contributed by atoms with Gasteiger partial charge in [0, 0.05) is 36.9 Å². The number of thioether (sulfide) groups is 1. The van der Waals surface area contributed by atoms with Gasteiger partial charge >= 0.3 is 10.2 Å². The lowest BCUT2D eigenvalue weighted by molar-refractivity contribution is -0.127. The van der Waals surface area contributed by atoms with E-state index >= 15 is 0 Å². The number of rotatable bonds is 7. The minimum atomic E-state index is -4.50. The second-order valence-corrected chi connectivity index (χ2v) is 7.67. The Balaban J connectivity index is 1.70. The van der Waals surface area contributed by atoms with Gasteiger partial charge in [-0.2, -0.15) is 20.2 Å². The Morgan fingerprint density at radius 1 is 1.29 bits per heavy atom. The minimum absolute atomic E-state index is 0.0797. The second-order valence-electron chi connectivity index (χ2n) is 5.15. The highest BCUT2D eigenvalue weighted by molar-refractivity contribution is 7.98. The summed E-state index contributed by atoms with van der Waals surface area (Å²) >= 11 is 1.72. The van der Waals surface area contributed by atoms with E-state index in [0.717, 1.165) is 11.5 Å². The van der Waals surface area contributed by atoms with Crippen LogP contribution in [0.2, 0.25) is 0 Å². The predicted molar refractivity (Wildman–Crippen MR) is 82.2 cm³/mol. The van der Waals surface area contributed by atoms with Gasteiger partial charge in [0.05, 0.1) is 5.75 Å². The SMILES string of the molecule is O=C1CC(CS(=O)(=O)F)CN1CCSCc1ccccc1. The maximum atomic E-state index is 12.6. The molecule has 1 saturated heterocycles. The average molecular weight is 331 g/mol. The highest BCUT2D eigenvalue weighted by Gasteiger charge is 2.32. The van der Waals surface area contributed by atoms with Gasteiger partial charge in [0.2, 0.25) is 5.91 Å². The zero-order valence-electron chi connectivity index (χ0n) is 11.6. The monoisotopic (exact) mass is 331 g/mol. The molecule has 0 aromatic heterocycles. The van der Waals surface area contributed by atoms with E-state index in [1.54, 1.807) is 16.7 Å². The fourth-order valence-electron chi connectivity index (χ4n) is 2.40. The molecule has 4 nitrogen and oxygen atoms in total. The summed E-state index contributed by atoms with van der Waals surface area (Å²) in [4.78, 5) is 13.4. The molecular formula is C14H18FNO3S2. The van der Waals surface area contributed by atoms with Crippen molar-refractivity contribution in [3.8, 4) is 0 Å². The van der Waals surface area contributed by atoms with Crippen LogP contribution < -0.4 is 0 Å². The number of carbonyl (C=O) groups is 1. The third-order valence-electron chi connectivity index (χ3n) is 3.35. The number of likely N-dealkylation sites (tertiary alicyclic amines) is 1. The van der Waals surface area contributed by atoms with Crippen molar-refractivity contribution in [2.24, 2.45) is 5.92 Å².